The lowest BCUT2D eigenvalue weighted by atomic mass is 10.2. The summed E-state index contributed by atoms with van der Waals surface area (Å²) in [5.74, 6) is -1.33. The first kappa shape index (κ1) is 14.3. The molecule has 1 amide bonds. The molecule has 2 aliphatic heterocycles. The Hall–Kier alpha value is -1.09. The van der Waals surface area contributed by atoms with Gasteiger partial charge in [0.1, 0.15) is 0 Å². The minimum atomic E-state index is -2.99. The third-order valence-electron chi connectivity index (χ3n) is 3.10. The summed E-state index contributed by atoms with van der Waals surface area (Å²) in [7, 11) is -1.28. The van der Waals surface area contributed by atoms with Crippen LogP contribution < -0.4 is 0 Å². The van der Waals surface area contributed by atoms with E-state index < -0.39 is 21.7 Å². The lowest BCUT2D eigenvalue weighted by Gasteiger charge is -2.17. The first-order chi connectivity index (χ1) is 8.78. The van der Waals surface area contributed by atoms with Crippen molar-refractivity contribution in [2.45, 2.75) is 24.1 Å². The first-order valence-electron chi connectivity index (χ1n) is 5.72. The number of aliphatic imine (C=N–C) groups is 1. The summed E-state index contributed by atoms with van der Waals surface area (Å²) < 4.78 is 23.0. The Morgan fingerprint density at radius 3 is 2.68 bits per heavy atom. The highest BCUT2D eigenvalue weighted by Crippen LogP contribution is 2.36. The van der Waals surface area contributed by atoms with Crippen LogP contribution in [0.4, 0.5) is 0 Å². The monoisotopic (exact) mass is 306 g/mol. The number of carboxylic acids is 1. The van der Waals surface area contributed by atoms with Crippen molar-refractivity contribution in [1.29, 1.82) is 0 Å². The molecule has 0 saturated carbocycles. The Bertz CT molecular complexity index is 542. The number of nitrogens with zero attached hydrogens (tertiary/aromatic N) is 2. The van der Waals surface area contributed by atoms with Gasteiger partial charge in [0.2, 0.25) is 5.91 Å². The minimum Gasteiger partial charge on any atom is -0.481 e. The molecule has 1 N–H and O–H groups in total. The number of carbonyl (C=O) groups is 2. The Morgan fingerprint density at radius 2 is 2.11 bits per heavy atom. The van der Waals surface area contributed by atoms with Crippen LogP contribution in [-0.4, -0.2) is 65.3 Å². The van der Waals surface area contributed by atoms with Gasteiger partial charge >= 0.3 is 5.97 Å². The summed E-state index contributed by atoms with van der Waals surface area (Å²) in [4.78, 5) is 27.4. The molecular formula is C10H14N2O5S2. The zero-order valence-corrected chi connectivity index (χ0v) is 11.9. The second-order valence-corrected chi connectivity index (χ2v) is 7.95. The van der Waals surface area contributed by atoms with Gasteiger partial charge < -0.3 is 10.0 Å². The number of carboxylic acid groups (broad SMARTS) is 1. The number of amides is 1. The quantitative estimate of drug-likeness (QED) is 0.755. The van der Waals surface area contributed by atoms with Gasteiger partial charge in [0.25, 0.3) is 0 Å². The minimum absolute atomic E-state index is 0.0824. The van der Waals surface area contributed by atoms with E-state index >= 15 is 0 Å². The number of amidine groups is 1. The zero-order chi connectivity index (χ0) is 14.2. The van der Waals surface area contributed by atoms with E-state index in [1.54, 1.807) is 11.9 Å². The van der Waals surface area contributed by atoms with E-state index in [2.05, 4.69) is 4.99 Å². The van der Waals surface area contributed by atoms with Gasteiger partial charge in [-0.2, -0.15) is 4.99 Å². The Morgan fingerprint density at radius 1 is 1.42 bits per heavy atom. The number of sulfone groups is 1. The molecule has 9 heteroatoms. The highest BCUT2D eigenvalue weighted by molar-refractivity contribution is 8.15. The molecule has 0 aromatic rings. The number of hydrogen-bond donors (Lipinski definition) is 1. The van der Waals surface area contributed by atoms with Crippen LogP contribution in [-0.2, 0) is 19.4 Å². The smallest absolute Gasteiger partial charge is 0.303 e. The number of carbonyl (C=O) groups excluding carboxylic acids is 1. The molecule has 2 heterocycles. The normalized spacial score (nSPS) is 30.6. The van der Waals surface area contributed by atoms with Crippen LogP contribution in [0.5, 0.6) is 0 Å². The van der Waals surface area contributed by atoms with Crippen molar-refractivity contribution in [1.82, 2.24) is 4.90 Å². The summed E-state index contributed by atoms with van der Waals surface area (Å²) in [6.07, 6.45) is -0.383. The van der Waals surface area contributed by atoms with E-state index in [9.17, 15) is 18.0 Å². The summed E-state index contributed by atoms with van der Waals surface area (Å²) in [6.45, 7) is 0. The van der Waals surface area contributed by atoms with E-state index in [1.807, 2.05) is 0 Å². The summed E-state index contributed by atoms with van der Waals surface area (Å²) in [5, 5.41) is 8.89. The second-order valence-electron chi connectivity index (χ2n) is 4.59. The van der Waals surface area contributed by atoms with E-state index in [0.29, 0.717) is 5.17 Å². The standard InChI is InChI=1S/C10H14N2O5S2/c1-12-6-4-19(16,17)5-7(6)18-10(12)11-8(13)2-3-9(14)15/h6-7H,2-5H2,1H3,(H,14,15)/t6-,7-/m0/s1. The molecule has 2 saturated heterocycles. The maximum Gasteiger partial charge on any atom is 0.303 e. The number of thioether (sulfide) groups is 1. The maximum absolute atomic E-state index is 11.5. The molecule has 19 heavy (non-hydrogen) atoms. The van der Waals surface area contributed by atoms with Crippen molar-refractivity contribution in [2.75, 3.05) is 18.6 Å². The summed E-state index contributed by atoms with van der Waals surface area (Å²) >= 11 is 1.28. The summed E-state index contributed by atoms with van der Waals surface area (Å²) in [5.41, 5.74) is 0. The van der Waals surface area contributed by atoms with Gasteiger partial charge in [0.05, 0.1) is 24.0 Å². The molecule has 2 aliphatic rings. The Labute approximate surface area is 115 Å². The highest BCUT2D eigenvalue weighted by atomic mass is 32.2. The number of hydrogen-bond acceptors (Lipinski definition) is 5. The molecule has 2 rings (SSSR count). The number of fused-ring (bicyclic) bond motifs is 1. The molecule has 0 unspecified atom stereocenters. The fourth-order valence-corrected chi connectivity index (χ4v) is 6.13. The van der Waals surface area contributed by atoms with Crippen LogP contribution in [0.25, 0.3) is 0 Å². The number of aliphatic carboxylic acids is 1. The van der Waals surface area contributed by atoms with Gasteiger partial charge in [0.15, 0.2) is 15.0 Å². The highest BCUT2D eigenvalue weighted by Gasteiger charge is 2.47. The van der Waals surface area contributed by atoms with Crippen molar-refractivity contribution in [2.24, 2.45) is 4.99 Å². The van der Waals surface area contributed by atoms with Crippen molar-refractivity contribution in [3.63, 3.8) is 0 Å². The lowest BCUT2D eigenvalue weighted by Crippen LogP contribution is -2.34. The molecule has 7 nitrogen and oxygen atoms in total. The molecule has 0 radical (unpaired) electrons. The third kappa shape index (κ3) is 3.27. The lowest BCUT2D eigenvalue weighted by molar-refractivity contribution is -0.138. The topological polar surface area (TPSA) is 104 Å². The van der Waals surface area contributed by atoms with Gasteiger partial charge in [-0.25, -0.2) is 8.42 Å². The van der Waals surface area contributed by atoms with Crippen LogP contribution >= 0.6 is 11.8 Å². The molecular weight excluding hydrogens is 292 g/mol. The predicted molar refractivity (Wildman–Crippen MR) is 70.9 cm³/mol. The van der Waals surface area contributed by atoms with Crippen molar-refractivity contribution >= 4 is 38.6 Å². The second kappa shape index (κ2) is 5.12. The fraction of sp³-hybridized carbons (Fsp3) is 0.700. The maximum atomic E-state index is 11.5. The van der Waals surface area contributed by atoms with Gasteiger partial charge in [-0.15, -0.1) is 0 Å². The van der Waals surface area contributed by atoms with Gasteiger partial charge in [-0.05, 0) is 0 Å². The molecule has 0 spiro atoms. The SMILES string of the molecule is CN1C(=NC(=O)CCC(=O)O)S[C@H]2CS(=O)(=O)C[C@@H]21. The third-order valence-corrected chi connectivity index (χ3v) is 6.40. The molecule has 0 bridgehead atoms. The predicted octanol–water partition coefficient (Wildman–Crippen LogP) is -0.422. The zero-order valence-electron chi connectivity index (χ0n) is 10.3. The molecule has 2 atom stereocenters. The molecule has 0 aromatic carbocycles. The van der Waals surface area contributed by atoms with Gasteiger partial charge in [0, 0.05) is 18.7 Å². The number of rotatable bonds is 3. The first-order valence-corrected chi connectivity index (χ1v) is 8.42. The average Bonchev–Trinajstić information content (AvgIpc) is 2.72. The summed E-state index contributed by atoms with van der Waals surface area (Å²) in [6, 6.07) is -0.138. The van der Waals surface area contributed by atoms with E-state index in [-0.39, 0.29) is 35.6 Å². The van der Waals surface area contributed by atoms with Crippen LogP contribution in [0.1, 0.15) is 12.8 Å². The van der Waals surface area contributed by atoms with Crippen LogP contribution in [0.15, 0.2) is 4.99 Å². The van der Waals surface area contributed by atoms with Crippen LogP contribution in [0.2, 0.25) is 0 Å². The van der Waals surface area contributed by atoms with E-state index in [1.165, 1.54) is 11.8 Å². The average molecular weight is 306 g/mol. The van der Waals surface area contributed by atoms with Crippen molar-refractivity contribution < 1.29 is 23.1 Å². The molecule has 2 fully saturated rings. The molecule has 106 valence electrons. The van der Waals surface area contributed by atoms with Crippen molar-refractivity contribution in [3.8, 4) is 0 Å². The van der Waals surface area contributed by atoms with Gasteiger partial charge in [-0.3, -0.25) is 9.59 Å². The molecule has 0 aromatic heterocycles. The molecule has 0 aliphatic carbocycles. The van der Waals surface area contributed by atoms with Crippen LogP contribution in [0, 0.1) is 0 Å². The largest absolute Gasteiger partial charge is 0.481 e. The van der Waals surface area contributed by atoms with Crippen LogP contribution in [0.3, 0.4) is 0 Å². The van der Waals surface area contributed by atoms with Crippen molar-refractivity contribution in [3.05, 3.63) is 0 Å². The Kier molecular flexibility index (Phi) is 3.86. The van der Waals surface area contributed by atoms with E-state index in [4.69, 9.17) is 5.11 Å². The van der Waals surface area contributed by atoms with Gasteiger partial charge in [-0.1, -0.05) is 11.8 Å². The fourth-order valence-electron chi connectivity index (χ4n) is 2.11. The Balaban J connectivity index is 2.01. The van der Waals surface area contributed by atoms with E-state index in [0.717, 1.165) is 0 Å².